The van der Waals surface area contributed by atoms with Crippen molar-refractivity contribution in [3.8, 4) is 0 Å². The van der Waals surface area contributed by atoms with Crippen LogP contribution in [0.4, 0.5) is 0 Å². The molecule has 0 spiro atoms. The minimum absolute atomic E-state index is 0.0685. The van der Waals surface area contributed by atoms with Crippen LogP contribution in [0, 0.1) is 0 Å². The summed E-state index contributed by atoms with van der Waals surface area (Å²) in [6, 6.07) is 1.89. The molecule has 0 aromatic carbocycles. The third-order valence-electron chi connectivity index (χ3n) is 2.40. The van der Waals surface area contributed by atoms with Crippen LogP contribution in [0.5, 0.6) is 0 Å². The normalized spacial score (nSPS) is 11.9. The number of nitrogens with zero attached hydrogens (tertiary/aromatic N) is 3. The van der Waals surface area contributed by atoms with Gasteiger partial charge >= 0.3 is 0 Å². The molecule has 0 unspecified atom stereocenters. The largest absolute Gasteiger partial charge is 0.365 e. The van der Waals surface area contributed by atoms with E-state index in [2.05, 4.69) is 30.9 Å². The van der Waals surface area contributed by atoms with Gasteiger partial charge in [0.1, 0.15) is 5.56 Å². The maximum atomic E-state index is 11.2. The van der Waals surface area contributed by atoms with E-state index in [9.17, 15) is 4.79 Å². The van der Waals surface area contributed by atoms with Gasteiger partial charge in [-0.25, -0.2) is 9.50 Å². The van der Waals surface area contributed by atoms with Gasteiger partial charge in [-0.15, -0.1) is 0 Å². The van der Waals surface area contributed by atoms with Crippen molar-refractivity contribution in [3.05, 3.63) is 29.7 Å². The van der Waals surface area contributed by atoms with Crippen LogP contribution in [0.3, 0.4) is 0 Å². The first-order valence-corrected chi connectivity index (χ1v) is 5.04. The van der Waals surface area contributed by atoms with Gasteiger partial charge in [0.25, 0.3) is 5.91 Å². The molecule has 2 N–H and O–H groups in total. The van der Waals surface area contributed by atoms with Gasteiger partial charge in [-0.05, 0) is 6.07 Å². The molecule has 2 heterocycles. The van der Waals surface area contributed by atoms with Gasteiger partial charge in [0.2, 0.25) is 0 Å². The van der Waals surface area contributed by atoms with E-state index in [0.717, 1.165) is 5.69 Å². The summed E-state index contributed by atoms with van der Waals surface area (Å²) in [6.07, 6.45) is 3.23. The highest BCUT2D eigenvalue weighted by molar-refractivity contribution is 5.98. The first kappa shape index (κ1) is 10.6. The summed E-state index contributed by atoms with van der Waals surface area (Å²) in [5.41, 5.74) is 6.95. The number of fused-ring (bicyclic) bond motifs is 1. The Hall–Kier alpha value is -1.91. The van der Waals surface area contributed by atoms with Gasteiger partial charge in [0.15, 0.2) is 5.65 Å². The topological polar surface area (TPSA) is 73.3 Å². The maximum Gasteiger partial charge on any atom is 0.254 e. The highest BCUT2D eigenvalue weighted by Crippen LogP contribution is 2.20. The van der Waals surface area contributed by atoms with Gasteiger partial charge in [-0.2, -0.15) is 5.10 Å². The van der Waals surface area contributed by atoms with Crippen LogP contribution in [0.1, 0.15) is 36.8 Å². The van der Waals surface area contributed by atoms with E-state index in [4.69, 9.17) is 5.73 Å². The number of carbonyl (C=O) groups excluding carboxylic acids is 1. The molecule has 2 aromatic heterocycles. The van der Waals surface area contributed by atoms with Crippen molar-refractivity contribution in [1.82, 2.24) is 14.6 Å². The molecule has 84 valence electrons. The van der Waals surface area contributed by atoms with E-state index >= 15 is 0 Å². The molecule has 0 aliphatic rings. The van der Waals surface area contributed by atoms with Crippen molar-refractivity contribution < 1.29 is 4.79 Å². The third-order valence-corrected chi connectivity index (χ3v) is 2.40. The molecule has 0 atom stereocenters. The Labute approximate surface area is 93.3 Å². The van der Waals surface area contributed by atoms with Crippen molar-refractivity contribution >= 4 is 11.6 Å². The molecule has 0 radical (unpaired) electrons. The SMILES string of the molecule is CC(C)(C)c1ccn2ncc(C(N)=O)c2n1. The van der Waals surface area contributed by atoms with Crippen LogP contribution in [-0.2, 0) is 5.41 Å². The smallest absolute Gasteiger partial charge is 0.254 e. The number of amides is 1. The molecule has 0 saturated heterocycles. The average molecular weight is 218 g/mol. The van der Waals surface area contributed by atoms with E-state index < -0.39 is 5.91 Å². The Morgan fingerprint density at radius 1 is 1.44 bits per heavy atom. The Kier molecular flexibility index (Phi) is 2.18. The molecule has 2 aromatic rings. The van der Waals surface area contributed by atoms with E-state index in [1.54, 1.807) is 10.7 Å². The quantitative estimate of drug-likeness (QED) is 0.779. The average Bonchev–Trinajstić information content (AvgIpc) is 2.58. The zero-order valence-corrected chi connectivity index (χ0v) is 9.56. The number of hydrogen-bond acceptors (Lipinski definition) is 3. The summed E-state index contributed by atoms with van der Waals surface area (Å²) in [4.78, 5) is 15.6. The molecule has 0 saturated carbocycles. The van der Waals surface area contributed by atoms with Crippen LogP contribution >= 0.6 is 0 Å². The van der Waals surface area contributed by atoms with Gasteiger partial charge in [0, 0.05) is 17.3 Å². The highest BCUT2D eigenvalue weighted by atomic mass is 16.1. The van der Waals surface area contributed by atoms with Gasteiger partial charge < -0.3 is 5.73 Å². The van der Waals surface area contributed by atoms with Crippen LogP contribution in [0.25, 0.3) is 5.65 Å². The Morgan fingerprint density at radius 2 is 2.12 bits per heavy atom. The minimum Gasteiger partial charge on any atom is -0.365 e. The van der Waals surface area contributed by atoms with Crippen molar-refractivity contribution in [1.29, 1.82) is 0 Å². The fourth-order valence-electron chi connectivity index (χ4n) is 1.46. The monoisotopic (exact) mass is 218 g/mol. The van der Waals surface area contributed by atoms with Crippen molar-refractivity contribution in [3.63, 3.8) is 0 Å². The molecule has 16 heavy (non-hydrogen) atoms. The van der Waals surface area contributed by atoms with Crippen molar-refractivity contribution in [2.75, 3.05) is 0 Å². The second kappa shape index (κ2) is 3.30. The number of aromatic nitrogens is 3. The number of primary amides is 1. The lowest BCUT2D eigenvalue weighted by molar-refractivity contribution is 0.100. The molecule has 5 heteroatoms. The second-order valence-corrected chi connectivity index (χ2v) is 4.75. The standard InChI is InChI=1S/C11H14N4O/c1-11(2,3)8-4-5-15-10(14-8)7(6-13-15)9(12)16/h4-6H,1-3H3,(H2,12,16). The lowest BCUT2D eigenvalue weighted by Crippen LogP contribution is -2.16. The third kappa shape index (κ3) is 1.64. The first-order chi connectivity index (χ1) is 7.39. The van der Waals surface area contributed by atoms with E-state index in [1.807, 2.05) is 6.07 Å². The molecule has 1 amide bonds. The molecular formula is C11H14N4O. The highest BCUT2D eigenvalue weighted by Gasteiger charge is 2.18. The predicted molar refractivity (Wildman–Crippen MR) is 60.2 cm³/mol. The van der Waals surface area contributed by atoms with Crippen molar-refractivity contribution in [2.45, 2.75) is 26.2 Å². The lowest BCUT2D eigenvalue weighted by atomic mass is 9.92. The summed E-state index contributed by atoms with van der Waals surface area (Å²) in [6.45, 7) is 6.18. The summed E-state index contributed by atoms with van der Waals surface area (Å²) < 4.78 is 1.55. The van der Waals surface area contributed by atoms with Gasteiger partial charge in [-0.1, -0.05) is 20.8 Å². The summed E-state index contributed by atoms with van der Waals surface area (Å²) in [5, 5.41) is 4.02. The van der Waals surface area contributed by atoms with Crippen molar-refractivity contribution in [2.24, 2.45) is 5.73 Å². The second-order valence-electron chi connectivity index (χ2n) is 4.75. The Bertz CT molecular complexity index is 551. The zero-order chi connectivity index (χ0) is 11.9. The maximum absolute atomic E-state index is 11.2. The Morgan fingerprint density at radius 3 is 2.69 bits per heavy atom. The zero-order valence-electron chi connectivity index (χ0n) is 9.56. The molecular weight excluding hydrogens is 204 g/mol. The predicted octanol–water partition coefficient (Wildman–Crippen LogP) is 1.13. The summed E-state index contributed by atoms with van der Waals surface area (Å²) in [5.74, 6) is -0.506. The first-order valence-electron chi connectivity index (χ1n) is 5.04. The van der Waals surface area contributed by atoms with Gasteiger partial charge in [0.05, 0.1) is 6.20 Å². The summed E-state index contributed by atoms with van der Waals surface area (Å²) in [7, 11) is 0. The molecule has 0 fully saturated rings. The summed E-state index contributed by atoms with van der Waals surface area (Å²) >= 11 is 0. The number of nitrogens with two attached hydrogens (primary N) is 1. The van der Waals surface area contributed by atoms with E-state index in [-0.39, 0.29) is 5.41 Å². The van der Waals surface area contributed by atoms with Crippen LogP contribution in [0.15, 0.2) is 18.5 Å². The van der Waals surface area contributed by atoms with Crippen LogP contribution in [0.2, 0.25) is 0 Å². The minimum atomic E-state index is -0.506. The number of hydrogen-bond donors (Lipinski definition) is 1. The van der Waals surface area contributed by atoms with E-state index in [1.165, 1.54) is 6.20 Å². The van der Waals surface area contributed by atoms with Crippen LogP contribution < -0.4 is 5.73 Å². The molecule has 2 rings (SSSR count). The van der Waals surface area contributed by atoms with E-state index in [0.29, 0.717) is 11.2 Å². The number of rotatable bonds is 1. The molecule has 0 aliphatic heterocycles. The Balaban J connectivity index is 2.68. The fraction of sp³-hybridized carbons (Fsp3) is 0.364. The van der Waals surface area contributed by atoms with Crippen LogP contribution in [-0.4, -0.2) is 20.5 Å². The lowest BCUT2D eigenvalue weighted by Gasteiger charge is -2.17. The number of carbonyl (C=O) groups is 1. The van der Waals surface area contributed by atoms with Gasteiger partial charge in [-0.3, -0.25) is 4.79 Å². The molecule has 0 aliphatic carbocycles. The molecule has 5 nitrogen and oxygen atoms in total. The fourth-order valence-corrected chi connectivity index (χ4v) is 1.46. The molecule has 0 bridgehead atoms.